The summed E-state index contributed by atoms with van der Waals surface area (Å²) in [4.78, 5) is 27.5. The summed E-state index contributed by atoms with van der Waals surface area (Å²) in [5, 5.41) is 11.2. The number of carbonyl (C=O) groups excluding carboxylic acids is 2. The Morgan fingerprint density at radius 1 is 1.03 bits per heavy atom. The maximum atomic E-state index is 12.5. The quantitative estimate of drug-likeness (QED) is 0.541. The van der Waals surface area contributed by atoms with Gasteiger partial charge < -0.3 is 9.64 Å². The van der Waals surface area contributed by atoms with Gasteiger partial charge in [-0.25, -0.2) is 0 Å². The van der Waals surface area contributed by atoms with E-state index in [1.54, 1.807) is 6.07 Å². The van der Waals surface area contributed by atoms with Crippen molar-refractivity contribution in [3.63, 3.8) is 0 Å². The lowest BCUT2D eigenvalue weighted by Gasteiger charge is -2.30. The molecule has 1 saturated heterocycles. The molecule has 6 heteroatoms. The first kappa shape index (κ1) is 20.8. The summed E-state index contributed by atoms with van der Waals surface area (Å²) in [5.74, 6) is -0.337. The van der Waals surface area contributed by atoms with Gasteiger partial charge in [-0.1, -0.05) is 48.5 Å². The van der Waals surface area contributed by atoms with Crippen molar-refractivity contribution in [2.45, 2.75) is 19.4 Å². The Balaban J connectivity index is 1.28. The van der Waals surface area contributed by atoms with Crippen LogP contribution < -0.4 is 0 Å². The fraction of sp³-hybridized carbons (Fsp3) is 0.240. The standard InChI is InChI=1S/C25H22N2O3S/c26-16-21-4-1-2-5-22(21)19-9-7-18(8-10-19)17-30-25(29)20-11-13-27(14-12-20)24(28)23-6-3-15-31-23/h1-10,15,20H,11-14,17H2. The molecule has 0 saturated carbocycles. The molecule has 4 rings (SSSR count). The van der Waals surface area contributed by atoms with Crippen LogP contribution in [0.25, 0.3) is 11.1 Å². The van der Waals surface area contributed by atoms with Crippen molar-refractivity contribution >= 4 is 23.2 Å². The van der Waals surface area contributed by atoms with E-state index in [1.165, 1.54) is 11.3 Å². The van der Waals surface area contributed by atoms with E-state index >= 15 is 0 Å². The molecule has 1 aromatic heterocycles. The largest absolute Gasteiger partial charge is 0.461 e. The van der Waals surface area contributed by atoms with Crippen LogP contribution in [0.4, 0.5) is 0 Å². The second kappa shape index (κ2) is 9.59. The Kier molecular flexibility index (Phi) is 6.44. The van der Waals surface area contributed by atoms with Crippen LogP contribution >= 0.6 is 11.3 Å². The molecule has 0 radical (unpaired) electrons. The van der Waals surface area contributed by atoms with E-state index in [4.69, 9.17) is 4.74 Å². The van der Waals surface area contributed by atoms with E-state index in [9.17, 15) is 14.9 Å². The third-order valence-electron chi connectivity index (χ3n) is 5.54. The molecule has 0 atom stereocenters. The highest BCUT2D eigenvalue weighted by Crippen LogP contribution is 2.25. The third kappa shape index (κ3) is 4.84. The van der Waals surface area contributed by atoms with Crippen molar-refractivity contribution < 1.29 is 14.3 Å². The highest BCUT2D eigenvalue weighted by Gasteiger charge is 2.29. The normalized spacial score (nSPS) is 14.1. The summed E-state index contributed by atoms with van der Waals surface area (Å²) in [5.41, 5.74) is 3.37. The molecule has 2 aromatic carbocycles. The summed E-state index contributed by atoms with van der Waals surface area (Å²) in [7, 11) is 0. The first-order chi connectivity index (χ1) is 15.2. The van der Waals surface area contributed by atoms with Crippen molar-refractivity contribution in [3.8, 4) is 17.2 Å². The number of likely N-dealkylation sites (tertiary alicyclic amines) is 1. The number of nitrogens with zero attached hydrogens (tertiary/aromatic N) is 2. The van der Waals surface area contributed by atoms with Gasteiger partial charge in [-0.15, -0.1) is 11.3 Å². The van der Waals surface area contributed by atoms with Gasteiger partial charge in [-0.2, -0.15) is 5.26 Å². The van der Waals surface area contributed by atoms with Gasteiger partial charge in [0.15, 0.2) is 0 Å². The van der Waals surface area contributed by atoms with Gasteiger partial charge in [0.2, 0.25) is 0 Å². The third-order valence-corrected chi connectivity index (χ3v) is 6.40. The van der Waals surface area contributed by atoms with Crippen LogP contribution in [0.5, 0.6) is 0 Å². The van der Waals surface area contributed by atoms with E-state index in [0.717, 1.165) is 21.6 Å². The first-order valence-corrected chi connectivity index (χ1v) is 11.1. The minimum atomic E-state index is -0.206. The number of ether oxygens (including phenoxy) is 1. The minimum Gasteiger partial charge on any atom is -0.461 e. The lowest BCUT2D eigenvalue weighted by atomic mass is 9.97. The molecule has 0 spiro atoms. The number of esters is 1. The summed E-state index contributed by atoms with van der Waals surface area (Å²) in [6, 6.07) is 21.1. The number of hydrogen-bond donors (Lipinski definition) is 0. The zero-order valence-corrected chi connectivity index (χ0v) is 17.8. The molecule has 2 heterocycles. The average Bonchev–Trinajstić information content (AvgIpc) is 3.37. The monoisotopic (exact) mass is 430 g/mol. The molecule has 5 nitrogen and oxygen atoms in total. The van der Waals surface area contributed by atoms with E-state index in [0.29, 0.717) is 31.5 Å². The van der Waals surface area contributed by atoms with Crippen molar-refractivity contribution in [3.05, 3.63) is 82.0 Å². The molecule has 1 amide bonds. The molecule has 1 fully saturated rings. The Bertz CT molecular complexity index is 1090. The zero-order chi connectivity index (χ0) is 21.6. The predicted octanol–water partition coefficient (Wildman–Crippen LogP) is 4.88. The zero-order valence-electron chi connectivity index (χ0n) is 17.0. The van der Waals surface area contributed by atoms with Crippen LogP contribution in [0, 0.1) is 17.2 Å². The molecule has 1 aliphatic heterocycles. The van der Waals surface area contributed by atoms with E-state index < -0.39 is 0 Å². The van der Waals surface area contributed by atoms with Gasteiger partial charge in [0.05, 0.1) is 22.4 Å². The molecule has 0 aliphatic carbocycles. The van der Waals surface area contributed by atoms with Crippen LogP contribution in [0.1, 0.15) is 33.6 Å². The van der Waals surface area contributed by atoms with Crippen LogP contribution in [-0.2, 0) is 16.1 Å². The highest BCUT2D eigenvalue weighted by molar-refractivity contribution is 7.12. The average molecular weight is 431 g/mol. The Morgan fingerprint density at radius 2 is 1.77 bits per heavy atom. The molecule has 3 aromatic rings. The molecule has 0 unspecified atom stereocenters. The molecule has 1 aliphatic rings. The van der Waals surface area contributed by atoms with E-state index in [-0.39, 0.29) is 24.4 Å². The Morgan fingerprint density at radius 3 is 2.45 bits per heavy atom. The second-order valence-electron chi connectivity index (χ2n) is 7.51. The molecule has 31 heavy (non-hydrogen) atoms. The topological polar surface area (TPSA) is 70.4 Å². The summed E-state index contributed by atoms with van der Waals surface area (Å²) in [6.07, 6.45) is 1.25. The van der Waals surface area contributed by atoms with Crippen molar-refractivity contribution in [1.29, 1.82) is 5.26 Å². The fourth-order valence-corrected chi connectivity index (χ4v) is 4.45. The second-order valence-corrected chi connectivity index (χ2v) is 8.45. The van der Waals surface area contributed by atoms with Gasteiger partial charge in [0, 0.05) is 13.1 Å². The van der Waals surface area contributed by atoms with Crippen LogP contribution in [0.15, 0.2) is 66.0 Å². The van der Waals surface area contributed by atoms with Gasteiger partial charge >= 0.3 is 5.97 Å². The fourth-order valence-electron chi connectivity index (χ4n) is 3.76. The van der Waals surface area contributed by atoms with Crippen LogP contribution in [0.3, 0.4) is 0 Å². The molecule has 156 valence electrons. The molecule has 0 bridgehead atoms. The summed E-state index contributed by atoms with van der Waals surface area (Å²) in [6.45, 7) is 1.36. The van der Waals surface area contributed by atoms with Gasteiger partial charge in [0.1, 0.15) is 6.61 Å². The van der Waals surface area contributed by atoms with Crippen molar-refractivity contribution in [1.82, 2.24) is 4.90 Å². The van der Waals surface area contributed by atoms with Crippen LogP contribution in [-0.4, -0.2) is 29.9 Å². The maximum Gasteiger partial charge on any atom is 0.309 e. The van der Waals surface area contributed by atoms with E-state index in [1.807, 2.05) is 64.9 Å². The minimum absolute atomic E-state index is 0.0416. The highest BCUT2D eigenvalue weighted by atomic mass is 32.1. The van der Waals surface area contributed by atoms with Gasteiger partial charge in [-0.05, 0) is 47.0 Å². The first-order valence-electron chi connectivity index (χ1n) is 10.2. The van der Waals surface area contributed by atoms with E-state index in [2.05, 4.69) is 6.07 Å². The predicted molar refractivity (Wildman–Crippen MR) is 119 cm³/mol. The van der Waals surface area contributed by atoms with Gasteiger partial charge in [-0.3, -0.25) is 9.59 Å². The maximum absolute atomic E-state index is 12.5. The Labute approximate surface area is 185 Å². The van der Waals surface area contributed by atoms with Crippen LogP contribution in [0.2, 0.25) is 0 Å². The molecule has 0 N–H and O–H groups in total. The number of benzene rings is 2. The lowest BCUT2D eigenvalue weighted by Crippen LogP contribution is -2.40. The number of thiophene rings is 1. The number of hydrogen-bond acceptors (Lipinski definition) is 5. The number of nitriles is 1. The number of rotatable bonds is 5. The van der Waals surface area contributed by atoms with Gasteiger partial charge in [0.25, 0.3) is 5.91 Å². The lowest BCUT2D eigenvalue weighted by molar-refractivity contribution is -0.151. The summed E-state index contributed by atoms with van der Waals surface area (Å²) >= 11 is 1.44. The summed E-state index contributed by atoms with van der Waals surface area (Å²) < 4.78 is 5.53. The van der Waals surface area contributed by atoms with Crippen molar-refractivity contribution in [2.75, 3.05) is 13.1 Å². The number of amides is 1. The molecular weight excluding hydrogens is 408 g/mol. The van der Waals surface area contributed by atoms with Crippen molar-refractivity contribution in [2.24, 2.45) is 5.92 Å². The molecular formula is C25H22N2O3S. The SMILES string of the molecule is N#Cc1ccccc1-c1ccc(COC(=O)C2CCN(C(=O)c3cccs3)CC2)cc1. The Hall–Kier alpha value is -3.43. The number of piperidine rings is 1. The smallest absolute Gasteiger partial charge is 0.309 e. The number of carbonyl (C=O) groups is 2.